The quantitative estimate of drug-likeness (QED) is 0.193. The van der Waals surface area contributed by atoms with Crippen LogP contribution >= 0.6 is 0 Å². The van der Waals surface area contributed by atoms with Gasteiger partial charge in [0.05, 0.1) is 5.41 Å². The van der Waals surface area contributed by atoms with E-state index in [-0.39, 0.29) is 0 Å². The zero-order chi connectivity index (χ0) is 32.8. The summed E-state index contributed by atoms with van der Waals surface area (Å²) in [7, 11) is 0. The molecular weight excluding hydrogens is 611 g/mol. The third kappa shape index (κ3) is 3.57. The van der Waals surface area contributed by atoms with Crippen molar-refractivity contribution in [2.24, 2.45) is 0 Å². The lowest BCUT2D eigenvalue weighted by molar-refractivity contribution is 0.669. The van der Waals surface area contributed by atoms with Crippen LogP contribution in [0.5, 0.6) is 0 Å². The Morgan fingerprint density at radius 1 is 0.380 bits per heavy atom. The molecule has 0 radical (unpaired) electrons. The van der Waals surface area contributed by atoms with E-state index in [2.05, 4.69) is 121 Å². The van der Waals surface area contributed by atoms with Crippen LogP contribution in [-0.2, 0) is 5.41 Å². The number of fused-ring (bicyclic) bond motifs is 14. The van der Waals surface area contributed by atoms with Crippen LogP contribution in [0, 0.1) is 0 Å². The largest absolute Gasteiger partial charge is 0.455 e. The Balaban J connectivity index is 1.27. The van der Waals surface area contributed by atoms with E-state index in [1.54, 1.807) is 0 Å². The molecule has 0 saturated heterocycles. The molecule has 1 atom stereocenters. The van der Waals surface area contributed by atoms with Gasteiger partial charge in [0, 0.05) is 33.0 Å². The van der Waals surface area contributed by atoms with Crippen LogP contribution in [0.3, 0.4) is 0 Å². The van der Waals surface area contributed by atoms with Gasteiger partial charge >= 0.3 is 0 Å². The maximum Gasteiger partial charge on any atom is 0.164 e. The highest BCUT2D eigenvalue weighted by Gasteiger charge is 2.53. The van der Waals surface area contributed by atoms with E-state index in [4.69, 9.17) is 19.4 Å². The maximum atomic E-state index is 6.74. The Kier molecular flexibility index (Phi) is 5.56. The lowest BCUT2D eigenvalue weighted by Crippen LogP contribution is -2.26. The molecule has 0 amide bonds. The first-order valence-corrected chi connectivity index (χ1v) is 17.0. The average Bonchev–Trinajstić information content (AvgIpc) is 3.82. The molecule has 9 aromatic rings. The Morgan fingerprint density at radius 2 is 0.940 bits per heavy atom. The van der Waals surface area contributed by atoms with Crippen molar-refractivity contribution in [3.63, 3.8) is 0 Å². The highest BCUT2D eigenvalue weighted by molar-refractivity contribution is 6.13. The Hall–Kier alpha value is -6.65. The molecule has 2 aromatic heterocycles. The third-order valence-corrected chi connectivity index (χ3v) is 10.6. The summed E-state index contributed by atoms with van der Waals surface area (Å²) in [6, 6.07) is 57.6. The zero-order valence-electron chi connectivity index (χ0n) is 26.8. The normalized spacial score (nSPS) is 15.3. The molecular formula is C46H27N3O. The topological polar surface area (TPSA) is 51.8 Å². The molecule has 4 heteroatoms. The van der Waals surface area contributed by atoms with Crippen molar-refractivity contribution in [2.75, 3.05) is 0 Å². The minimum atomic E-state index is -0.617. The fourth-order valence-corrected chi connectivity index (χ4v) is 8.58. The summed E-state index contributed by atoms with van der Waals surface area (Å²) < 4.78 is 6.74. The first-order valence-electron chi connectivity index (χ1n) is 17.0. The second-order valence-electron chi connectivity index (χ2n) is 13.1. The highest BCUT2D eigenvalue weighted by Crippen LogP contribution is 2.65. The predicted molar refractivity (Wildman–Crippen MR) is 200 cm³/mol. The summed E-state index contributed by atoms with van der Waals surface area (Å²) in [4.78, 5) is 15.5. The summed E-state index contributed by atoms with van der Waals surface area (Å²) in [6.07, 6.45) is 0. The summed E-state index contributed by atoms with van der Waals surface area (Å²) in [5, 5.41) is 2.26. The van der Waals surface area contributed by atoms with Gasteiger partial charge in [0.15, 0.2) is 17.5 Å². The number of hydrogen-bond acceptors (Lipinski definition) is 4. The van der Waals surface area contributed by atoms with E-state index in [1.807, 2.05) is 42.5 Å². The van der Waals surface area contributed by atoms with Gasteiger partial charge in [-0.2, -0.15) is 0 Å². The molecule has 1 unspecified atom stereocenters. The molecule has 0 fully saturated rings. The molecule has 1 spiro atoms. The molecule has 7 aromatic carbocycles. The third-order valence-electron chi connectivity index (χ3n) is 10.6. The van der Waals surface area contributed by atoms with E-state index < -0.39 is 5.41 Å². The van der Waals surface area contributed by atoms with Crippen LogP contribution in [0.1, 0.15) is 22.3 Å². The highest BCUT2D eigenvalue weighted by atomic mass is 16.3. The number of aromatic nitrogens is 3. The van der Waals surface area contributed by atoms with E-state index in [0.717, 1.165) is 44.2 Å². The van der Waals surface area contributed by atoms with Crippen molar-refractivity contribution in [1.29, 1.82) is 0 Å². The molecule has 11 rings (SSSR count). The number of benzene rings is 7. The smallest absolute Gasteiger partial charge is 0.164 e. The Bertz CT molecular complexity index is 2760. The van der Waals surface area contributed by atoms with Crippen molar-refractivity contribution in [1.82, 2.24) is 15.0 Å². The van der Waals surface area contributed by atoms with Crippen molar-refractivity contribution >= 4 is 21.9 Å². The molecule has 0 bridgehead atoms. The second kappa shape index (κ2) is 10.2. The van der Waals surface area contributed by atoms with Crippen molar-refractivity contribution in [2.45, 2.75) is 5.41 Å². The second-order valence-corrected chi connectivity index (χ2v) is 13.1. The van der Waals surface area contributed by atoms with Crippen LogP contribution in [0.15, 0.2) is 168 Å². The van der Waals surface area contributed by atoms with Crippen molar-refractivity contribution in [3.05, 3.63) is 186 Å². The van der Waals surface area contributed by atoms with Gasteiger partial charge in [-0.25, -0.2) is 15.0 Å². The van der Waals surface area contributed by atoms with Gasteiger partial charge in [-0.05, 0) is 45.0 Å². The molecule has 0 aliphatic heterocycles. The predicted octanol–water partition coefficient (Wildman–Crippen LogP) is 11.1. The number of para-hydroxylation sites is 1. The molecule has 0 saturated carbocycles. The maximum absolute atomic E-state index is 6.74. The van der Waals surface area contributed by atoms with Crippen LogP contribution < -0.4 is 0 Å². The first-order chi connectivity index (χ1) is 24.8. The Morgan fingerprint density at radius 3 is 1.68 bits per heavy atom. The summed E-state index contributed by atoms with van der Waals surface area (Å²) in [5.74, 6) is 1.94. The lowest BCUT2D eigenvalue weighted by Gasteiger charge is -2.31. The van der Waals surface area contributed by atoms with Crippen LogP contribution in [0.4, 0.5) is 0 Å². The summed E-state index contributed by atoms with van der Waals surface area (Å²) in [6.45, 7) is 0. The number of rotatable bonds is 3. The van der Waals surface area contributed by atoms with Crippen molar-refractivity contribution < 1.29 is 4.42 Å². The molecule has 2 aliphatic carbocycles. The van der Waals surface area contributed by atoms with E-state index in [1.165, 1.54) is 38.9 Å². The first kappa shape index (κ1) is 27.3. The van der Waals surface area contributed by atoms with Gasteiger partial charge in [0.1, 0.15) is 11.2 Å². The molecule has 2 aliphatic rings. The van der Waals surface area contributed by atoms with Crippen molar-refractivity contribution in [3.8, 4) is 56.4 Å². The minimum absolute atomic E-state index is 0.617. The van der Waals surface area contributed by atoms with E-state index in [0.29, 0.717) is 17.5 Å². The van der Waals surface area contributed by atoms with E-state index in [9.17, 15) is 0 Å². The molecule has 4 nitrogen and oxygen atoms in total. The fraction of sp³-hybridized carbons (Fsp3) is 0.0217. The van der Waals surface area contributed by atoms with Gasteiger partial charge in [-0.3, -0.25) is 0 Å². The van der Waals surface area contributed by atoms with Gasteiger partial charge in [0.2, 0.25) is 0 Å². The monoisotopic (exact) mass is 637 g/mol. The molecule has 0 N–H and O–H groups in total. The molecule has 232 valence electrons. The SMILES string of the molecule is c1ccc(-c2nc(-c3ccccc3)nc(-c3cccc4c3C3(c5ccccc5-4)c4ccccc4-c4c3ccc3c4oc4ccccc43)n2)cc1. The van der Waals surface area contributed by atoms with Gasteiger partial charge in [0.25, 0.3) is 0 Å². The zero-order valence-corrected chi connectivity index (χ0v) is 26.8. The Labute approximate surface area is 288 Å². The number of furan rings is 1. The van der Waals surface area contributed by atoms with Crippen LogP contribution in [-0.4, -0.2) is 15.0 Å². The average molecular weight is 638 g/mol. The molecule has 2 heterocycles. The van der Waals surface area contributed by atoms with Crippen LogP contribution in [0.2, 0.25) is 0 Å². The number of hydrogen-bond donors (Lipinski definition) is 0. The standard InChI is InChI=1S/C46H27N3O/c1-3-14-28(15-4-1)43-47-44(29-16-5-2-6-17-29)49-45(48-43)35-22-13-21-32-30-18-7-10-23-36(30)46(41(32)35)37-24-11-8-20-34(37)40-38(46)27-26-33-31-19-9-12-25-39(31)50-42(33)40/h1-27H. The lowest BCUT2D eigenvalue weighted by atomic mass is 9.69. The van der Waals surface area contributed by atoms with Gasteiger partial charge in [-0.15, -0.1) is 0 Å². The number of nitrogens with zero attached hydrogens (tertiary/aromatic N) is 3. The minimum Gasteiger partial charge on any atom is -0.455 e. The fourth-order valence-electron chi connectivity index (χ4n) is 8.58. The summed E-state index contributed by atoms with van der Waals surface area (Å²) in [5.41, 5.74) is 13.7. The van der Waals surface area contributed by atoms with Gasteiger partial charge < -0.3 is 4.42 Å². The van der Waals surface area contributed by atoms with Gasteiger partial charge in [-0.1, -0.05) is 158 Å². The molecule has 50 heavy (non-hydrogen) atoms. The summed E-state index contributed by atoms with van der Waals surface area (Å²) >= 11 is 0. The van der Waals surface area contributed by atoms with Crippen LogP contribution in [0.25, 0.3) is 78.4 Å². The van der Waals surface area contributed by atoms with E-state index >= 15 is 0 Å².